The number of piperidine rings is 1. The SMILES string of the molecule is CCC1CCCCN1C(=O)c1cccc(C(=O)NCC(C)C)c1. The first-order chi connectivity index (χ1) is 11.0. The van der Waals surface area contributed by atoms with Gasteiger partial charge in [-0.05, 0) is 49.8 Å². The van der Waals surface area contributed by atoms with E-state index in [-0.39, 0.29) is 11.8 Å². The smallest absolute Gasteiger partial charge is 0.254 e. The van der Waals surface area contributed by atoms with E-state index in [0.717, 1.165) is 25.8 Å². The predicted molar refractivity (Wildman–Crippen MR) is 92.6 cm³/mol. The highest BCUT2D eigenvalue weighted by Gasteiger charge is 2.26. The number of carbonyl (C=O) groups excluding carboxylic acids is 2. The van der Waals surface area contributed by atoms with Crippen LogP contribution in [0.5, 0.6) is 0 Å². The third kappa shape index (κ3) is 4.57. The van der Waals surface area contributed by atoms with Crippen molar-refractivity contribution in [2.45, 2.75) is 52.5 Å². The van der Waals surface area contributed by atoms with E-state index in [9.17, 15) is 9.59 Å². The highest BCUT2D eigenvalue weighted by atomic mass is 16.2. The Bertz CT molecular complexity index is 554. The van der Waals surface area contributed by atoms with E-state index in [2.05, 4.69) is 26.1 Å². The Morgan fingerprint density at radius 1 is 1.26 bits per heavy atom. The number of nitrogens with zero attached hydrogens (tertiary/aromatic N) is 1. The van der Waals surface area contributed by atoms with E-state index in [1.54, 1.807) is 18.2 Å². The lowest BCUT2D eigenvalue weighted by Gasteiger charge is -2.35. The van der Waals surface area contributed by atoms with Crippen molar-refractivity contribution in [2.24, 2.45) is 5.92 Å². The normalized spacial score (nSPS) is 18.1. The zero-order valence-electron chi connectivity index (χ0n) is 14.5. The van der Waals surface area contributed by atoms with Crippen LogP contribution in [0.25, 0.3) is 0 Å². The number of hydrogen-bond acceptors (Lipinski definition) is 2. The molecule has 126 valence electrons. The molecule has 2 amide bonds. The highest BCUT2D eigenvalue weighted by molar-refractivity contribution is 5.99. The molecule has 0 aliphatic carbocycles. The number of hydrogen-bond donors (Lipinski definition) is 1. The van der Waals surface area contributed by atoms with Crippen LogP contribution in [0.15, 0.2) is 24.3 Å². The summed E-state index contributed by atoms with van der Waals surface area (Å²) in [6, 6.07) is 7.42. The third-order valence-electron chi connectivity index (χ3n) is 4.40. The molecule has 1 aliphatic heterocycles. The molecule has 0 saturated carbocycles. The van der Waals surface area contributed by atoms with Crippen molar-refractivity contribution in [1.82, 2.24) is 10.2 Å². The summed E-state index contributed by atoms with van der Waals surface area (Å²) in [4.78, 5) is 27.0. The summed E-state index contributed by atoms with van der Waals surface area (Å²) >= 11 is 0. The summed E-state index contributed by atoms with van der Waals surface area (Å²) in [5.41, 5.74) is 1.17. The van der Waals surface area contributed by atoms with Crippen LogP contribution in [0.3, 0.4) is 0 Å². The molecule has 1 atom stereocenters. The predicted octanol–water partition coefficient (Wildman–Crippen LogP) is 3.48. The monoisotopic (exact) mass is 316 g/mol. The van der Waals surface area contributed by atoms with Crippen LogP contribution in [-0.4, -0.2) is 35.8 Å². The van der Waals surface area contributed by atoms with Crippen molar-refractivity contribution < 1.29 is 9.59 Å². The Balaban J connectivity index is 2.12. The Morgan fingerprint density at radius 2 is 2.00 bits per heavy atom. The van der Waals surface area contributed by atoms with Crippen LogP contribution in [0.1, 0.15) is 67.2 Å². The van der Waals surface area contributed by atoms with Gasteiger partial charge in [-0.3, -0.25) is 9.59 Å². The average Bonchev–Trinajstić information content (AvgIpc) is 2.59. The van der Waals surface area contributed by atoms with Crippen LogP contribution >= 0.6 is 0 Å². The van der Waals surface area contributed by atoms with Crippen LogP contribution in [0.2, 0.25) is 0 Å². The molecule has 1 aromatic carbocycles. The number of carbonyl (C=O) groups is 2. The average molecular weight is 316 g/mol. The maximum atomic E-state index is 12.8. The molecule has 1 N–H and O–H groups in total. The minimum atomic E-state index is -0.112. The van der Waals surface area contributed by atoms with Gasteiger partial charge in [0.2, 0.25) is 0 Å². The van der Waals surface area contributed by atoms with Crippen molar-refractivity contribution in [2.75, 3.05) is 13.1 Å². The second-order valence-electron chi connectivity index (χ2n) is 6.74. The lowest BCUT2D eigenvalue weighted by Crippen LogP contribution is -2.43. The molecule has 1 unspecified atom stereocenters. The first-order valence-electron chi connectivity index (χ1n) is 8.72. The van der Waals surface area contributed by atoms with Gasteiger partial charge in [-0.2, -0.15) is 0 Å². The van der Waals surface area contributed by atoms with E-state index in [4.69, 9.17) is 0 Å². The largest absolute Gasteiger partial charge is 0.352 e. The molecule has 4 nitrogen and oxygen atoms in total. The van der Waals surface area contributed by atoms with E-state index < -0.39 is 0 Å². The Hall–Kier alpha value is -1.84. The maximum absolute atomic E-state index is 12.8. The summed E-state index contributed by atoms with van der Waals surface area (Å²) in [5.74, 6) is 0.344. The van der Waals surface area contributed by atoms with Gasteiger partial charge in [0.15, 0.2) is 0 Å². The van der Waals surface area contributed by atoms with Crippen LogP contribution in [0, 0.1) is 5.92 Å². The summed E-state index contributed by atoms with van der Waals surface area (Å²) in [5, 5.41) is 2.90. The molecule has 23 heavy (non-hydrogen) atoms. The van der Waals surface area contributed by atoms with Gasteiger partial charge in [-0.25, -0.2) is 0 Å². The lowest BCUT2D eigenvalue weighted by atomic mass is 9.98. The number of amides is 2. The highest BCUT2D eigenvalue weighted by Crippen LogP contribution is 2.22. The molecule has 2 rings (SSSR count). The number of benzene rings is 1. The molecule has 0 bridgehead atoms. The number of rotatable bonds is 5. The fourth-order valence-electron chi connectivity index (χ4n) is 3.05. The molecule has 1 saturated heterocycles. The van der Waals surface area contributed by atoms with Gasteiger partial charge >= 0.3 is 0 Å². The first-order valence-corrected chi connectivity index (χ1v) is 8.72. The van der Waals surface area contributed by atoms with Crippen molar-refractivity contribution in [3.63, 3.8) is 0 Å². The summed E-state index contributed by atoms with van der Waals surface area (Å²) in [6.45, 7) is 7.71. The second kappa shape index (κ2) is 8.14. The summed E-state index contributed by atoms with van der Waals surface area (Å²) in [7, 11) is 0. The van der Waals surface area contributed by atoms with Gasteiger partial charge in [0.05, 0.1) is 0 Å². The molecular weight excluding hydrogens is 288 g/mol. The molecule has 1 fully saturated rings. The van der Waals surface area contributed by atoms with E-state index in [1.807, 2.05) is 11.0 Å². The minimum Gasteiger partial charge on any atom is -0.352 e. The molecule has 1 aliphatic rings. The van der Waals surface area contributed by atoms with Gasteiger partial charge in [0, 0.05) is 30.3 Å². The first kappa shape index (κ1) is 17.5. The lowest BCUT2D eigenvalue weighted by molar-refractivity contribution is 0.0608. The van der Waals surface area contributed by atoms with Crippen LogP contribution in [-0.2, 0) is 0 Å². The summed E-state index contributed by atoms with van der Waals surface area (Å²) in [6.07, 6.45) is 4.33. The van der Waals surface area contributed by atoms with E-state index >= 15 is 0 Å². The molecule has 0 radical (unpaired) electrons. The fraction of sp³-hybridized carbons (Fsp3) is 0.579. The maximum Gasteiger partial charge on any atom is 0.254 e. The zero-order valence-corrected chi connectivity index (χ0v) is 14.5. The van der Waals surface area contributed by atoms with E-state index in [0.29, 0.717) is 29.6 Å². The van der Waals surface area contributed by atoms with Crippen molar-refractivity contribution in [3.05, 3.63) is 35.4 Å². The van der Waals surface area contributed by atoms with Crippen LogP contribution in [0.4, 0.5) is 0 Å². The van der Waals surface area contributed by atoms with E-state index in [1.165, 1.54) is 6.42 Å². The molecule has 1 aromatic rings. The van der Waals surface area contributed by atoms with Crippen molar-refractivity contribution in [1.29, 1.82) is 0 Å². The quantitative estimate of drug-likeness (QED) is 0.904. The standard InChI is InChI=1S/C19H28N2O2/c1-4-17-10-5-6-11-21(17)19(23)16-9-7-8-15(12-16)18(22)20-13-14(2)3/h7-9,12,14,17H,4-6,10-11,13H2,1-3H3,(H,20,22). The molecule has 0 aromatic heterocycles. The van der Waals surface area contributed by atoms with Crippen molar-refractivity contribution in [3.8, 4) is 0 Å². The number of nitrogens with one attached hydrogen (secondary N) is 1. The minimum absolute atomic E-state index is 0.0510. The van der Waals surface area contributed by atoms with Gasteiger partial charge < -0.3 is 10.2 Å². The van der Waals surface area contributed by atoms with Crippen LogP contribution < -0.4 is 5.32 Å². The second-order valence-corrected chi connectivity index (χ2v) is 6.74. The van der Waals surface area contributed by atoms with Crippen molar-refractivity contribution >= 4 is 11.8 Å². The Morgan fingerprint density at radius 3 is 2.70 bits per heavy atom. The topological polar surface area (TPSA) is 49.4 Å². The van der Waals surface area contributed by atoms with Gasteiger partial charge in [0.25, 0.3) is 11.8 Å². The molecule has 0 spiro atoms. The fourth-order valence-corrected chi connectivity index (χ4v) is 3.05. The molecule has 1 heterocycles. The number of likely N-dealkylation sites (tertiary alicyclic amines) is 1. The Labute approximate surface area is 139 Å². The molecule has 4 heteroatoms. The zero-order chi connectivity index (χ0) is 16.8. The third-order valence-corrected chi connectivity index (χ3v) is 4.40. The molecular formula is C19H28N2O2. The van der Waals surface area contributed by atoms with Gasteiger partial charge in [-0.15, -0.1) is 0 Å². The van der Waals surface area contributed by atoms with Gasteiger partial charge in [0.1, 0.15) is 0 Å². The summed E-state index contributed by atoms with van der Waals surface area (Å²) < 4.78 is 0. The Kier molecular flexibility index (Phi) is 6.20. The van der Waals surface area contributed by atoms with Gasteiger partial charge in [-0.1, -0.05) is 26.8 Å².